The molecule has 122 valence electrons. The van der Waals surface area contributed by atoms with Crippen molar-refractivity contribution in [2.45, 2.75) is 84.2 Å². The minimum Gasteiger partial charge on any atom is -0.389 e. The molecule has 0 spiro atoms. The molecule has 2 N–H and O–H groups in total. The van der Waals surface area contributed by atoms with Crippen LogP contribution in [0.4, 0.5) is 0 Å². The molecule has 0 fully saturated rings. The molecule has 0 aromatic carbocycles. The summed E-state index contributed by atoms with van der Waals surface area (Å²) < 4.78 is 5.51. The van der Waals surface area contributed by atoms with Gasteiger partial charge in [0.25, 0.3) is 0 Å². The van der Waals surface area contributed by atoms with E-state index in [9.17, 15) is 5.11 Å². The second-order valence-corrected chi connectivity index (χ2v) is 5.76. The summed E-state index contributed by atoms with van der Waals surface area (Å²) in [5, 5.41) is 13.0. The summed E-state index contributed by atoms with van der Waals surface area (Å²) in [6.07, 6.45) is 12.4. The number of aliphatic hydroxyl groups excluding tert-OH is 1. The van der Waals surface area contributed by atoms with Crippen LogP contribution < -0.4 is 5.32 Å². The summed E-state index contributed by atoms with van der Waals surface area (Å²) in [6.45, 7) is 7.38. The predicted molar refractivity (Wildman–Crippen MR) is 87.2 cm³/mol. The van der Waals surface area contributed by atoms with Gasteiger partial charge in [-0.05, 0) is 19.4 Å². The van der Waals surface area contributed by atoms with Gasteiger partial charge in [0.1, 0.15) is 0 Å². The second kappa shape index (κ2) is 16.9. The summed E-state index contributed by atoms with van der Waals surface area (Å²) in [6, 6.07) is 0. The van der Waals surface area contributed by atoms with Crippen molar-refractivity contribution in [1.82, 2.24) is 5.32 Å². The largest absolute Gasteiger partial charge is 0.389 e. The summed E-state index contributed by atoms with van der Waals surface area (Å²) in [7, 11) is 0. The van der Waals surface area contributed by atoms with Crippen molar-refractivity contribution in [1.29, 1.82) is 0 Å². The highest BCUT2D eigenvalue weighted by Gasteiger charge is 2.03. The van der Waals surface area contributed by atoms with Gasteiger partial charge in [-0.25, -0.2) is 0 Å². The lowest BCUT2D eigenvalue weighted by Crippen LogP contribution is -2.31. The molecule has 0 aromatic heterocycles. The van der Waals surface area contributed by atoms with Gasteiger partial charge in [0.15, 0.2) is 0 Å². The summed E-state index contributed by atoms with van der Waals surface area (Å²) in [5.74, 6) is 0. The number of nitrogens with one attached hydrogen (secondary N) is 1. The zero-order valence-corrected chi connectivity index (χ0v) is 13.8. The van der Waals surface area contributed by atoms with Crippen LogP contribution in [0.3, 0.4) is 0 Å². The number of hydrogen-bond acceptors (Lipinski definition) is 3. The maximum Gasteiger partial charge on any atom is 0.0897 e. The van der Waals surface area contributed by atoms with Crippen molar-refractivity contribution < 1.29 is 9.84 Å². The van der Waals surface area contributed by atoms with Gasteiger partial charge >= 0.3 is 0 Å². The molecule has 0 saturated heterocycles. The summed E-state index contributed by atoms with van der Waals surface area (Å²) >= 11 is 0. The van der Waals surface area contributed by atoms with Crippen LogP contribution in [0.5, 0.6) is 0 Å². The molecule has 0 aliphatic rings. The number of unbranched alkanes of at least 4 members (excludes halogenated alkanes) is 8. The van der Waals surface area contributed by atoms with Gasteiger partial charge in [0.05, 0.1) is 12.7 Å². The Balaban J connectivity index is 3.10. The lowest BCUT2D eigenvalue weighted by molar-refractivity contribution is 0.0355. The third-order valence-electron chi connectivity index (χ3n) is 3.54. The smallest absolute Gasteiger partial charge is 0.0897 e. The molecule has 3 nitrogen and oxygen atoms in total. The van der Waals surface area contributed by atoms with E-state index in [1.807, 2.05) is 0 Å². The SMILES string of the molecule is CCCCCCCCOCC(O)CNCCCCCC. The molecule has 0 bridgehead atoms. The lowest BCUT2D eigenvalue weighted by atomic mass is 10.1. The highest BCUT2D eigenvalue weighted by Crippen LogP contribution is 2.05. The molecule has 0 rings (SSSR count). The van der Waals surface area contributed by atoms with Crippen molar-refractivity contribution in [2.75, 3.05) is 26.3 Å². The molecule has 0 heterocycles. The molecular weight excluding hydrogens is 250 g/mol. The van der Waals surface area contributed by atoms with Gasteiger partial charge < -0.3 is 15.2 Å². The van der Waals surface area contributed by atoms with Crippen molar-refractivity contribution in [3.05, 3.63) is 0 Å². The van der Waals surface area contributed by atoms with Crippen LogP contribution in [0.25, 0.3) is 0 Å². The average Bonchev–Trinajstić information content (AvgIpc) is 2.45. The maximum absolute atomic E-state index is 9.74. The molecule has 0 amide bonds. The minimum atomic E-state index is -0.360. The first kappa shape index (κ1) is 19.9. The van der Waals surface area contributed by atoms with E-state index in [0.29, 0.717) is 13.2 Å². The first-order valence-electron chi connectivity index (χ1n) is 8.77. The second-order valence-electron chi connectivity index (χ2n) is 5.76. The molecule has 3 heteroatoms. The molecule has 0 aliphatic heterocycles. The fourth-order valence-electron chi connectivity index (χ4n) is 2.21. The Kier molecular flexibility index (Phi) is 16.8. The van der Waals surface area contributed by atoms with Crippen LogP contribution >= 0.6 is 0 Å². The predicted octanol–water partition coefficient (Wildman–Crippen LogP) is 3.89. The first-order chi connectivity index (χ1) is 9.81. The van der Waals surface area contributed by atoms with Gasteiger partial charge in [-0.1, -0.05) is 65.2 Å². The first-order valence-corrected chi connectivity index (χ1v) is 8.77. The fraction of sp³-hybridized carbons (Fsp3) is 1.00. The van der Waals surface area contributed by atoms with Gasteiger partial charge in [-0.3, -0.25) is 0 Å². The molecular formula is C17H37NO2. The Morgan fingerprint density at radius 1 is 0.850 bits per heavy atom. The van der Waals surface area contributed by atoms with Crippen LogP contribution in [0, 0.1) is 0 Å². The molecule has 0 aliphatic carbocycles. The van der Waals surface area contributed by atoms with E-state index in [4.69, 9.17) is 4.74 Å². The van der Waals surface area contributed by atoms with Gasteiger partial charge in [-0.2, -0.15) is 0 Å². The van der Waals surface area contributed by atoms with Gasteiger partial charge in [0.2, 0.25) is 0 Å². The van der Waals surface area contributed by atoms with E-state index >= 15 is 0 Å². The van der Waals surface area contributed by atoms with Crippen molar-refractivity contribution in [2.24, 2.45) is 0 Å². The van der Waals surface area contributed by atoms with E-state index < -0.39 is 0 Å². The third kappa shape index (κ3) is 15.9. The Morgan fingerprint density at radius 3 is 2.15 bits per heavy atom. The van der Waals surface area contributed by atoms with Crippen LogP contribution in [-0.4, -0.2) is 37.5 Å². The van der Waals surface area contributed by atoms with E-state index in [1.165, 1.54) is 57.8 Å². The van der Waals surface area contributed by atoms with E-state index in [2.05, 4.69) is 19.2 Å². The fourth-order valence-corrected chi connectivity index (χ4v) is 2.21. The number of hydrogen-bond donors (Lipinski definition) is 2. The standard InChI is InChI=1S/C17H37NO2/c1-3-5-7-9-10-12-14-20-16-17(19)15-18-13-11-8-6-4-2/h17-19H,3-16H2,1-2H3. The highest BCUT2D eigenvalue weighted by molar-refractivity contribution is 4.58. The Bertz CT molecular complexity index is 176. The van der Waals surface area contributed by atoms with Gasteiger partial charge in [0, 0.05) is 13.2 Å². The zero-order valence-electron chi connectivity index (χ0n) is 13.8. The lowest BCUT2D eigenvalue weighted by Gasteiger charge is -2.12. The molecule has 1 unspecified atom stereocenters. The normalized spacial score (nSPS) is 12.8. The van der Waals surface area contributed by atoms with E-state index in [0.717, 1.165) is 19.6 Å². The van der Waals surface area contributed by atoms with E-state index in [1.54, 1.807) is 0 Å². The summed E-state index contributed by atoms with van der Waals surface area (Å²) in [4.78, 5) is 0. The Hall–Kier alpha value is -0.120. The monoisotopic (exact) mass is 287 g/mol. The minimum absolute atomic E-state index is 0.360. The highest BCUT2D eigenvalue weighted by atomic mass is 16.5. The zero-order chi connectivity index (χ0) is 14.9. The van der Waals surface area contributed by atoms with Crippen LogP contribution in [0.15, 0.2) is 0 Å². The quantitative estimate of drug-likeness (QED) is 0.423. The molecule has 0 radical (unpaired) electrons. The summed E-state index contributed by atoms with van der Waals surface area (Å²) in [5.41, 5.74) is 0. The van der Waals surface area contributed by atoms with Gasteiger partial charge in [-0.15, -0.1) is 0 Å². The molecule has 0 saturated carbocycles. The Labute approximate surface area is 126 Å². The maximum atomic E-state index is 9.74. The average molecular weight is 287 g/mol. The Morgan fingerprint density at radius 2 is 1.45 bits per heavy atom. The molecule has 1 atom stereocenters. The van der Waals surface area contributed by atoms with E-state index in [-0.39, 0.29) is 6.10 Å². The number of rotatable bonds is 16. The van der Waals surface area contributed by atoms with Crippen LogP contribution in [0.2, 0.25) is 0 Å². The van der Waals surface area contributed by atoms with Crippen molar-refractivity contribution in [3.8, 4) is 0 Å². The van der Waals surface area contributed by atoms with Crippen molar-refractivity contribution >= 4 is 0 Å². The number of ether oxygens (including phenoxy) is 1. The topological polar surface area (TPSA) is 41.5 Å². The molecule has 20 heavy (non-hydrogen) atoms. The van der Waals surface area contributed by atoms with Crippen molar-refractivity contribution in [3.63, 3.8) is 0 Å². The number of aliphatic hydroxyl groups is 1. The van der Waals surface area contributed by atoms with Crippen LogP contribution in [0.1, 0.15) is 78.1 Å². The third-order valence-corrected chi connectivity index (χ3v) is 3.54. The van der Waals surface area contributed by atoms with Crippen LogP contribution in [-0.2, 0) is 4.74 Å². The molecule has 0 aromatic rings.